The van der Waals surface area contributed by atoms with E-state index in [1.54, 1.807) is 0 Å². The number of tetrazole rings is 1. The van der Waals surface area contributed by atoms with Crippen LogP contribution in [0.15, 0.2) is 60.7 Å². The van der Waals surface area contributed by atoms with Crippen LogP contribution < -0.4 is 9.57 Å². The molecule has 2 aromatic heterocycles. The highest BCUT2D eigenvalue weighted by Gasteiger charge is 2.09. The number of rotatable bonds is 11. The molecule has 160 valence electrons. The van der Waals surface area contributed by atoms with E-state index in [2.05, 4.69) is 20.5 Å². The van der Waals surface area contributed by atoms with Crippen LogP contribution in [-0.2, 0) is 24.4 Å². The average molecular weight is 419 g/mol. The van der Waals surface area contributed by atoms with E-state index < -0.39 is 0 Å². The Kier molecular flexibility index (Phi) is 7.02. The molecular formula is C23H25N5O3. The fourth-order valence-corrected chi connectivity index (χ4v) is 3.18. The van der Waals surface area contributed by atoms with Crippen molar-refractivity contribution in [2.75, 3.05) is 13.2 Å². The van der Waals surface area contributed by atoms with Gasteiger partial charge in [0.1, 0.15) is 11.3 Å². The summed E-state index contributed by atoms with van der Waals surface area (Å²) in [7, 11) is 0. The van der Waals surface area contributed by atoms with E-state index in [0.717, 1.165) is 34.3 Å². The van der Waals surface area contributed by atoms with E-state index in [-0.39, 0.29) is 6.61 Å². The van der Waals surface area contributed by atoms with Crippen molar-refractivity contribution in [2.45, 2.75) is 33.0 Å². The standard InChI is InChI=1S/C23H25N5O3/c1-2-30-21-11-6-10-19-13-14-20(24-23(19)21)17-31-28-22(25-26-27-28)12-7-15-29-16-18-8-4-3-5-9-18/h3-6,8-11,13-14H,2,7,12,15-17H2,1H3. The van der Waals surface area contributed by atoms with Gasteiger partial charge in [-0.2, -0.15) is 0 Å². The maximum atomic E-state index is 5.77. The lowest BCUT2D eigenvalue weighted by atomic mass is 10.2. The first-order valence-corrected chi connectivity index (χ1v) is 10.4. The normalized spacial score (nSPS) is 11.0. The van der Waals surface area contributed by atoms with Gasteiger partial charge in [0.05, 0.1) is 18.9 Å². The summed E-state index contributed by atoms with van der Waals surface area (Å²) in [4.78, 5) is 11.8. The summed E-state index contributed by atoms with van der Waals surface area (Å²) in [5, 5.41) is 12.7. The molecule has 0 unspecified atom stereocenters. The van der Waals surface area contributed by atoms with Crippen LogP contribution in [0, 0.1) is 0 Å². The maximum absolute atomic E-state index is 5.77. The molecule has 8 heteroatoms. The third-order valence-electron chi connectivity index (χ3n) is 4.68. The summed E-state index contributed by atoms with van der Waals surface area (Å²) in [6.07, 6.45) is 1.45. The molecule has 0 saturated heterocycles. The Bertz CT molecular complexity index is 1100. The Morgan fingerprint density at radius 1 is 0.935 bits per heavy atom. The molecule has 0 spiro atoms. The topological polar surface area (TPSA) is 84.2 Å². The van der Waals surface area contributed by atoms with Gasteiger partial charge >= 0.3 is 0 Å². The molecule has 8 nitrogen and oxygen atoms in total. The Hall–Kier alpha value is -3.52. The Morgan fingerprint density at radius 2 is 1.84 bits per heavy atom. The monoisotopic (exact) mass is 419 g/mol. The maximum Gasteiger partial charge on any atom is 0.192 e. The lowest BCUT2D eigenvalue weighted by molar-refractivity contribution is 0.0562. The molecule has 0 amide bonds. The number of fused-ring (bicyclic) bond motifs is 1. The first kappa shape index (κ1) is 20.7. The number of aryl methyl sites for hydroxylation is 1. The molecule has 4 aromatic rings. The highest BCUT2D eigenvalue weighted by molar-refractivity contribution is 5.84. The van der Waals surface area contributed by atoms with Crippen molar-refractivity contribution in [2.24, 2.45) is 0 Å². The van der Waals surface area contributed by atoms with Gasteiger partial charge in [0, 0.05) is 18.4 Å². The van der Waals surface area contributed by atoms with Crippen LogP contribution in [0.25, 0.3) is 10.9 Å². The van der Waals surface area contributed by atoms with Gasteiger partial charge in [0.25, 0.3) is 0 Å². The van der Waals surface area contributed by atoms with E-state index in [9.17, 15) is 0 Å². The van der Waals surface area contributed by atoms with E-state index in [1.165, 1.54) is 4.85 Å². The Labute approximate surface area is 180 Å². The number of hydrogen-bond donors (Lipinski definition) is 0. The largest absolute Gasteiger partial charge is 0.492 e. The van der Waals surface area contributed by atoms with Crippen LogP contribution in [0.2, 0.25) is 0 Å². The fourth-order valence-electron chi connectivity index (χ4n) is 3.18. The Balaban J connectivity index is 1.30. The third kappa shape index (κ3) is 5.55. The van der Waals surface area contributed by atoms with Gasteiger partial charge in [-0.3, -0.25) is 0 Å². The van der Waals surface area contributed by atoms with Crippen LogP contribution in [0.1, 0.15) is 30.4 Å². The van der Waals surface area contributed by atoms with Gasteiger partial charge in [0.2, 0.25) is 0 Å². The Morgan fingerprint density at radius 3 is 2.71 bits per heavy atom. The summed E-state index contributed by atoms with van der Waals surface area (Å²) in [6.45, 7) is 4.01. The number of benzene rings is 2. The second kappa shape index (κ2) is 10.5. The second-order valence-electron chi connectivity index (χ2n) is 6.95. The molecule has 4 rings (SSSR count). The predicted octanol–water partition coefficient (Wildman–Crippen LogP) is 3.40. The van der Waals surface area contributed by atoms with Crippen molar-refractivity contribution in [3.05, 3.63) is 77.7 Å². The molecule has 2 heterocycles. The van der Waals surface area contributed by atoms with Crippen LogP contribution in [0.4, 0.5) is 0 Å². The van der Waals surface area contributed by atoms with Crippen molar-refractivity contribution in [1.82, 2.24) is 25.4 Å². The van der Waals surface area contributed by atoms with E-state index in [1.807, 2.05) is 67.6 Å². The number of ether oxygens (including phenoxy) is 2. The number of para-hydroxylation sites is 1. The number of hydrogen-bond acceptors (Lipinski definition) is 7. The van der Waals surface area contributed by atoms with Crippen LogP contribution in [0.3, 0.4) is 0 Å². The zero-order valence-corrected chi connectivity index (χ0v) is 17.5. The summed E-state index contributed by atoms with van der Waals surface area (Å²) in [5.74, 6) is 1.42. The molecule has 0 aliphatic heterocycles. The summed E-state index contributed by atoms with van der Waals surface area (Å²) < 4.78 is 11.4. The van der Waals surface area contributed by atoms with E-state index in [4.69, 9.17) is 14.3 Å². The predicted molar refractivity (Wildman–Crippen MR) is 115 cm³/mol. The van der Waals surface area contributed by atoms with Crippen molar-refractivity contribution in [3.8, 4) is 5.75 Å². The molecular weight excluding hydrogens is 394 g/mol. The highest BCUT2D eigenvalue weighted by Crippen LogP contribution is 2.24. The SMILES string of the molecule is CCOc1cccc2ccc(COn3nnnc3CCCOCc3ccccc3)nc12. The minimum atomic E-state index is 0.249. The van der Waals surface area contributed by atoms with Gasteiger partial charge in [-0.25, -0.2) is 4.98 Å². The molecule has 0 aliphatic rings. The van der Waals surface area contributed by atoms with Gasteiger partial charge < -0.3 is 14.3 Å². The molecule has 0 fully saturated rings. The van der Waals surface area contributed by atoms with Crippen molar-refractivity contribution >= 4 is 10.9 Å². The molecule has 0 saturated carbocycles. The van der Waals surface area contributed by atoms with Crippen molar-refractivity contribution < 1.29 is 14.3 Å². The molecule has 0 aliphatic carbocycles. The van der Waals surface area contributed by atoms with E-state index >= 15 is 0 Å². The lowest BCUT2D eigenvalue weighted by Crippen LogP contribution is -2.17. The van der Waals surface area contributed by atoms with Crippen LogP contribution in [-0.4, -0.2) is 38.6 Å². The van der Waals surface area contributed by atoms with Crippen molar-refractivity contribution in [1.29, 1.82) is 0 Å². The van der Waals surface area contributed by atoms with Crippen molar-refractivity contribution in [3.63, 3.8) is 0 Å². The van der Waals surface area contributed by atoms with E-state index in [0.29, 0.717) is 32.1 Å². The molecule has 0 radical (unpaired) electrons. The average Bonchev–Trinajstić information content (AvgIpc) is 3.26. The first-order chi connectivity index (χ1) is 15.3. The zero-order valence-electron chi connectivity index (χ0n) is 17.5. The third-order valence-corrected chi connectivity index (χ3v) is 4.68. The fraction of sp³-hybridized carbons (Fsp3) is 0.304. The molecule has 0 atom stereocenters. The number of pyridine rings is 1. The molecule has 31 heavy (non-hydrogen) atoms. The highest BCUT2D eigenvalue weighted by atomic mass is 16.7. The number of nitrogens with zero attached hydrogens (tertiary/aromatic N) is 5. The first-order valence-electron chi connectivity index (χ1n) is 10.4. The van der Waals surface area contributed by atoms with Gasteiger partial charge in [-0.05, 0) is 41.5 Å². The summed E-state index contributed by atoms with van der Waals surface area (Å²) in [6, 6.07) is 19.9. The molecule has 0 bridgehead atoms. The second-order valence-corrected chi connectivity index (χ2v) is 6.95. The lowest BCUT2D eigenvalue weighted by Gasteiger charge is -2.09. The molecule has 2 aromatic carbocycles. The summed E-state index contributed by atoms with van der Waals surface area (Å²) in [5.41, 5.74) is 2.75. The summed E-state index contributed by atoms with van der Waals surface area (Å²) >= 11 is 0. The zero-order chi connectivity index (χ0) is 21.3. The van der Waals surface area contributed by atoms with Gasteiger partial charge in [-0.15, -0.1) is 5.10 Å². The minimum Gasteiger partial charge on any atom is -0.492 e. The van der Waals surface area contributed by atoms with Gasteiger partial charge in [-0.1, -0.05) is 53.4 Å². The van der Waals surface area contributed by atoms with Gasteiger partial charge in [0.15, 0.2) is 12.4 Å². The quantitative estimate of drug-likeness (QED) is 0.345. The van der Waals surface area contributed by atoms with Crippen LogP contribution >= 0.6 is 0 Å². The van der Waals surface area contributed by atoms with Crippen LogP contribution in [0.5, 0.6) is 5.75 Å². The minimum absolute atomic E-state index is 0.249. The smallest absolute Gasteiger partial charge is 0.192 e. The number of aromatic nitrogens is 5. The molecule has 0 N–H and O–H groups in total.